The number of benzene rings is 3. The molecule has 1 heterocycles. The van der Waals surface area contributed by atoms with E-state index in [-0.39, 0.29) is 5.92 Å². The molecular weight excluding hydrogens is 304 g/mol. The lowest BCUT2D eigenvalue weighted by atomic mass is 9.94. The van der Waals surface area contributed by atoms with Crippen LogP contribution in [0.5, 0.6) is 0 Å². The van der Waals surface area contributed by atoms with E-state index >= 15 is 0 Å². The molecule has 0 unspecified atom stereocenters. The molecule has 4 rings (SSSR count). The monoisotopic (exact) mass is 324 g/mol. The molecule has 25 heavy (non-hydrogen) atoms. The maximum atomic E-state index is 4.89. The zero-order valence-corrected chi connectivity index (χ0v) is 14.0. The molecule has 0 amide bonds. The Morgan fingerprint density at radius 3 is 2.00 bits per heavy atom. The van der Waals surface area contributed by atoms with Crippen molar-refractivity contribution in [3.8, 4) is 0 Å². The fraction of sp³-hybridized carbons (Fsp3) is 0.0870. The number of para-hydroxylation sites is 1. The number of rotatable bonds is 4. The Morgan fingerprint density at radius 2 is 1.32 bits per heavy atom. The predicted molar refractivity (Wildman–Crippen MR) is 106 cm³/mol. The Labute approximate surface area is 148 Å². The molecule has 0 saturated heterocycles. The molecule has 0 saturated carbocycles. The first kappa shape index (κ1) is 15.4. The van der Waals surface area contributed by atoms with Gasteiger partial charge < -0.3 is 0 Å². The van der Waals surface area contributed by atoms with Crippen molar-refractivity contribution in [3.63, 3.8) is 0 Å². The standard InChI is InChI=1S/C23H20N2/c1-4-10-19(11-5-1)16-17-23-22(20-12-6-2-7-13-20)18-25(24-23)21-14-8-3-9-15-21/h1-17,22H,18H2/t22-/m0/s1. The molecule has 0 aromatic heterocycles. The minimum absolute atomic E-state index is 0.279. The maximum absolute atomic E-state index is 4.89. The van der Waals surface area contributed by atoms with Crippen molar-refractivity contribution >= 4 is 17.5 Å². The van der Waals surface area contributed by atoms with Gasteiger partial charge in [-0.05, 0) is 29.3 Å². The van der Waals surface area contributed by atoms with E-state index in [1.54, 1.807) is 0 Å². The van der Waals surface area contributed by atoms with Crippen LogP contribution >= 0.6 is 0 Å². The van der Waals surface area contributed by atoms with Gasteiger partial charge in [0, 0.05) is 5.92 Å². The molecule has 0 spiro atoms. The van der Waals surface area contributed by atoms with Crippen LogP contribution in [0.15, 0.2) is 102 Å². The van der Waals surface area contributed by atoms with Crippen LogP contribution in [0.25, 0.3) is 6.08 Å². The zero-order chi connectivity index (χ0) is 16.9. The molecule has 1 atom stereocenters. The number of hydrazone groups is 1. The minimum Gasteiger partial charge on any atom is -0.264 e. The van der Waals surface area contributed by atoms with Crippen LogP contribution in [0.1, 0.15) is 17.0 Å². The van der Waals surface area contributed by atoms with Crippen molar-refractivity contribution in [2.45, 2.75) is 5.92 Å². The zero-order valence-electron chi connectivity index (χ0n) is 14.0. The van der Waals surface area contributed by atoms with Gasteiger partial charge in [0.05, 0.1) is 17.9 Å². The van der Waals surface area contributed by atoms with Gasteiger partial charge in [-0.15, -0.1) is 0 Å². The third-order valence-corrected chi connectivity index (χ3v) is 4.45. The summed E-state index contributed by atoms with van der Waals surface area (Å²) in [5.41, 5.74) is 4.72. The fourth-order valence-electron chi connectivity index (χ4n) is 3.14. The Kier molecular flexibility index (Phi) is 4.42. The molecule has 0 fully saturated rings. The van der Waals surface area contributed by atoms with Gasteiger partial charge in [-0.1, -0.05) is 84.9 Å². The number of anilines is 1. The lowest BCUT2D eigenvalue weighted by Crippen LogP contribution is -2.17. The Balaban J connectivity index is 1.66. The topological polar surface area (TPSA) is 15.6 Å². The molecule has 2 heteroatoms. The summed E-state index contributed by atoms with van der Waals surface area (Å²) in [4.78, 5) is 0. The van der Waals surface area contributed by atoms with Crippen LogP contribution in [-0.2, 0) is 0 Å². The van der Waals surface area contributed by atoms with Gasteiger partial charge in [-0.3, -0.25) is 5.01 Å². The lowest BCUT2D eigenvalue weighted by molar-refractivity contribution is 0.851. The predicted octanol–water partition coefficient (Wildman–Crippen LogP) is 5.36. The van der Waals surface area contributed by atoms with Crippen molar-refractivity contribution in [2.75, 3.05) is 11.6 Å². The third-order valence-electron chi connectivity index (χ3n) is 4.45. The number of hydrogen-bond acceptors (Lipinski definition) is 2. The quantitative estimate of drug-likeness (QED) is 0.631. The second kappa shape index (κ2) is 7.18. The summed E-state index contributed by atoms with van der Waals surface area (Å²) < 4.78 is 0. The number of allylic oxidation sites excluding steroid dienone is 1. The van der Waals surface area contributed by atoms with Crippen molar-refractivity contribution in [1.29, 1.82) is 0 Å². The molecule has 1 aliphatic rings. The van der Waals surface area contributed by atoms with Crippen LogP contribution in [-0.4, -0.2) is 12.3 Å². The number of nitrogens with zero attached hydrogens (tertiary/aromatic N) is 2. The third kappa shape index (κ3) is 3.53. The van der Waals surface area contributed by atoms with Crippen LogP contribution in [0, 0.1) is 0 Å². The first-order valence-corrected chi connectivity index (χ1v) is 8.59. The summed E-state index contributed by atoms with van der Waals surface area (Å²) in [5, 5.41) is 6.99. The normalized spacial score (nSPS) is 17.0. The molecule has 2 nitrogen and oxygen atoms in total. The Morgan fingerprint density at radius 1 is 0.720 bits per heavy atom. The molecule has 122 valence electrons. The van der Waals surface area contributed by atoms with E-state index in [0.29, 0.717) is 0 Å². The lowest BCUT2D eigenvalue weighted by Gasteiger charge is -2.16. The summed E-state index contributed by atoms with van der Waals surface area (Å²) in [5.74, 6) is 0.279. The molecule has 1 aliphatic heterocycles. The van der Waals surface area contributed by atoms with Crippen LogP contribution in [0.3, 0.4) is 0 Å². The fourth-order valence-corrected chi connectivity index (χ4v) is 3.14. The van der Waals surface area contributed by atoms with Gasteiger partial charge in [-0.2, -0.15) is 5.10 Å². The SMILES string of the molecule is C(=Cc1ccccc1)C1=NN(c2ccccc2)C[C@H]1c1ccccc1. The van der Waals surface area contributed by atoms with E-state index in [4.69, 9.17) is 5.10 Å². The van der Waals surface area contributed by atoms with Gasteiger partial charge in [0.2, 0.25) is 0 Å². The van der Waals surface area contributed by atoms with Crippen LogP contribution in [0.4, 0.5) is 5.69 Å². The number of hydrogen-bond donors (Lipinski definition) is 0. The first-order valence-electron chi connectivity index (χ1n) is 8.59. The van der Waals surface area contributed by atoms with Gasteiger partial charge >= 0.3 is 0 Å². The summed E-state index contributed by atoms with van der Waals surface area (Å²) >= 11 is 0. The molecule has 0 N–H and O–H groups in total. The van der Waals surface area contributed by atoms with Crippen molar-refractivity contribution in [3.05, 3.63) is 108 Å². The molecule has 0 radical (unpaired) electrons. The van der Waals surface area contributed by atoms with Gasteiger partial charge in [0.15, 0.2) is 0 Å². The Hall–Kier alpha value is -3.13. The van der Waals surface area contributed by atoms with Gasteiger partial charge in [0.25, 0.3) is 0 Å². The van der Waals surface area contributed by atoms with E-state index < -0.39 is 0 Å². The maximum Gasteiger partial charge on any atom is 0.0703 e. The first-order chi connectivity index (χ1) is 12.4. The highest BCUT2D eigenvalue weighted by molar-refractivity contribution is 6.05. The van der Waals surface area contributed by atoms with E-state index in [0.717, 1.165) is 17.9 Å². The summed E-state index contributed by atoms with van der Waals surface area (Å²) in [6.07, 6.45) is 4.29. The average Bonchev–Trinajstić information content (AvgIpc) is 3.13. The average molecular weight is 324 g/mol. The summed E-state index contributed by atoms with van der Waals surface area (Å²) in [6, 6.07) is 31.4. The molecule has 3 aromatic rings. The van der Waals surface area contributed by atoms with E-state index in [1.165, 1.54) is 11.1 Å². The smallest absolute Gasteiger partial charge is 0.0703 e. The van der Waals surface area contributed by atoms with E-state index in [9.17, 15) is 0 Å². The summed E-state index contributed by atoms with van der Waals surface area (Å²) in [6.45, 7) is 0.864. The van der Waals surface area contributed by atoms with E-state index in [1.807, 2.05) is 12.1 Å². The summed E-state index contributed by atoms with van der Waals surface area (Å²) in [7, 11) is 0. The minimum atomic E-state index is 0.279. The molecule has 0 aliphatic carbocycles. The van der Waals surface area contributed by atoms with Crippen molar-refractivity contribution < 1.29 is 0 Å². The molecule has 0 bridgehead atoms. The Bertz CT molecular complexity index is 868. The van der Waals surface area contributed by atoms with Crippen molar-refractivity contribution in [1.82, 2.24) is 0 Å². The highest BCUT2D eigenvalue weighted by atomic mass is 15.5. The van der Waals surface area contributed by atoms with Crippen LogP contribution < -0.4 is 5.01 Å². The van der Waals surface area contributed by atoms with Crippen molar-refractivity contribution in [2.24, 2.45) is 5.10 Å². The molecule has 3 aromatic carbocycles. The largest absolute Gasteiger partial charge is 0.264 e. The highest BCUT2D eigenvalue weighted by Gasteiger charge is 2.27. The van der Waals surface area contributed by atoms with Gasteiger partial charge in [-0.25, -0.2) is 0 Å². The highest BCUT2D eigenvalue weighted by Crippen LogP contribution is 2.29. The van der Waals surface area contributed by atoms with Gasteiger partial charge in [0.1, 0.15) is 0 Å². The van der Waals surface area contributed by atoms with Crippen LogP contribution in [0.2, 0.25) is 0 Å². The molecular formula is C23H20N2. The second-order valence-electron chi connectivity index (χ2n) is 6.15. The second-order valence-corrected chi connectivity index (χ2v) is 6.15. The van der Waals surface area contributed by atoms with E-state index in [2.05, 4.69) is 96.0 Å².